The van der Waals surface area contributed by atoms with Crippen LogP contribution in [-0.4, -0.2) is 28.1 Å². The summed E-state index contributed by atoms with van der Waals surface area (Å²) < 4.78 is 20.3. The molecule has 3 aromatic carbocycles. The molecule has 1 atom stereocenters. The number of carbonyl (C=O) groups excluding carboxylic acids is 1. The monoisotopic (exact) mass is 540 g/mol. The number of aryl methyl sites for hydroxylation is 1. The largest absolute Gasteiger partial charge is 0.497 e. The summed E-state index contributed by atoms with van der Waals surface area (Å²) in [7, 11) is 1.59. The van der Waals surface area contributed by atoms with Crippen LogP contribution in [0.2, 0.25) is 5.02 Å². The molecule has 0 fully saturated rings. The Hall–Kier alpha value is -3.23. The van der Waals surface area contributed by atoms with Gasteiger partial charge in [0.15, 0.2) is 5.82 Å². The van der Waals surface area contributed by atoms with Crippen LogP contribution in [0, 0.1) is 12.7 Å². The molecule has 0 aliphatic carbocycles. The first kappa shape index (κ1) is 22.6. The fourth-order valence-electron chi connectivity index (χ4n) is 4.52. The van der Waals surface area contributed by atoms with Crippen LogP contribution >= 0.6 is 27.5 Å². The third-order valence-electron chi connectivity index (χ3n) is 6.09. The first-order chi connectivity index (χ1) is 16.3. The zero-order valence-corrected chi connectivity index (χ0v) is 20.6. The number of carbonyl (C=O) groups is 1. The summed E-state index contributed by atoms with van der Waals surface area (Å²) in [6, 6.07) is 12.8. The second kappa shape index (κ2) is 8.52. The van der Waals surface area contributed by atoms with E-state index in [9.17, 15) is 9.18 Å². The average Bonchev–Trinajstić information content (AvgIpc) is 3.11. The van der Waals surface area contributed by atoms with E-state index >= 15 is 0 Å². The maximum absolute atomic E-state index is 14.4. The predicted molar refractivity (Wildman–Crippen MR) is 133 cm³/mol. The van der Waals surface area contributed by atoms with Gasteiger partial charge in [-0.2, -0.15) is 5.10 Å². The zero-order valence-electron chi connectivity index (χ0n) is 18.3. The molecule has 0 saturated carbocycles. The fraction of sp³-hybridized carbons (Fsp3) is 0.160. The van der Waals surface area contributed by atoms with Crippen molar-refractivity contribution in [2.75, 3.05) is 12.8 Å². The minimum Gasteiger partial charge on any atom is -0.497 e. The highest BCUT2D eigenvalue weighted by atomic mass is 79.9. The Balaban J connectivity index is 1.77. The lowest BCUT2D eigenvalue weighted by molar-refractivity contribution is 0.0737. The molecule has 1 aliphatic rings. The minimum absolute atomic E-state index is 0.224. The number of hydrogen-bond acceptors (Lipinski definition) is 5. The Morgan fingerprint density at radius 3 is 2.62 bits per heavy atom. The zero-order chi connectivity index (χ0) is 24.1. The first-order valence-corrected chi connectivity index (χ1v) is 11.6. The molecule has 4 aromatic rings. The molecule has 0 radical (unpaired) electrons. The normalized spacial score (nSPS) is 15.1. The van der Waals surface area contributed by atoms with Gasteiger partial charge in [0.2, 0.25) is 0 Å². The molecule has 172 valence electrons. The summed E-state index contributed by atoms with van der Waals surface area (Å²) in [4.78, 5) is 15.7. The van der Waals surface area contributed by atoms with Crippen LogP contribution < -0.4 is 10.5 Å². The second-order valence-electron chi connectivity index (χ2n) is 8.09. The van der Waals surface area contributed by atoms with E-state index in [1.807, 2.05) is 30.3 Å². The Labute approximate surface area is 208 Å². The van der Waals surface area contributed by atoms with Gasteiger partial charge in [-0.1, -0.05) is 39.7 Å². The van der Waals surface area contributed by atoms with E-state index in [1.54, 1.807) is 18.9 Å². The summed E-state index contributed by atoms with van der Waals surface area (Å²) in [5, 5.41) is 9.77. The number of aromatic nitrogens is 2. The highest BCUT2D eigenvalue weighted by Gasteiger charge is 2.42. The molecule has 2 N–H and O–H groups in total. The molecule has 1 aliphatic heterocycles. The quantitative estimate of drug-likeness (QED) is 0.352. The molecule has 0 saturated heterocycles. The van der Waals surface area contributed by atoms with Gasteiger partial charge in [0.1, 0.15) is 11.6 Å². The van der Waals surface area contributed by atoms with Gasteiger partial charge in [-0.25, -0.2) is 4.39 Å². The topological polar surface area (TPSA) is 81.3 Å². The maximum Gasteiger partial charge on any atom is 0.256 e. The van der Waals surface area contributed by atoms with E-state index in [1.165, 1.54) is 18.2 Å². The third-order valence-corrected chi connectivity index (χ3v) is 7.09. The number of methoxy groups -OCH3 is 1. The van der Waals surface area contributed by atoms with Crippen molar-refractivity contribution >= 4 is 50.0 Å². The van der Waals surface area contributed by atoms with Crippen LogP contribution in [-0.2, 0) is 6.54 Å². The Bertz CT molecular complexity index is 1460. The van der Waals surface area contributed by atoms with Crippen molar-refractivity contribution < 1.29 is 13.9 Å². The third kappa shape index (κ3) is 3.58. The summed E-state index contributed by atoms with van der Waals surface area (Å²) in [5.74, 6) is 0.277. The lowest BCUT2D eigenvalue weighted by Gasteiger charge is -2.27. The van der Waals surface area contributed by atoms with Crippen molar-refractivity contribution in [1.29, 1.82) is 0 Å². The van der Waals surface area contributed by atoms with Crippen LogP contribution in [0.15, 0.2) is 53.0 Å². The van der Waals surface area contributed by atoms with E-state index < -0.39 is 11.9 Å². The van der Waals surface area contributed by atoms with Crippen LogP contribution in [0.4, 0.5) is 10.2 Å². The van der Waals surface area contributed by atoms with Gasteiger partial charge in [0.05, 0.1) is 24.4 Å². The van der Waals surface area contributed by atoms with Crippen molar-refractivity contribution in [1.82, 2.24) is 15.1 Å². The van der Waals surface area contributed by atoms with Crippen LogP contribution in [0.3, 0.4) is 0 Å². The van der Waals surface area contributed by atoms with E-state index in [0.717, 1.165) is 5.56 Å². The molecule has 1 aromatic heterocycles. The van der Waals surface area contributed by atoms with Crippen LogP contribution in [0.1, 0.15) is 38.8 Å². The van der Waals surface area contributed by atoms with Gasteiger partial charge in [0, 0.05) is 37.9 Å². The van der Waals surface area contributed by atoms with Crippen molar-refractivity contribution in [3.63, 3.8) is 0 Å². The van der Waals surface area contributed by atoms with Crippen molar-refractivity contribution in [3.05, 3.63) is 91.8 Å². The Kier molecular flexibility index (Phi) is 5.65. The molecule has 9 heteroatoms. The lowest BCUT2D eigenvalue weighted by atomic mass is 9.93. The number of amides is 1. The molecule has 1 unspecified atom stereocenters. The SMILES string of the molecule is COc1ccc(CN2C(=O)c3c(c(Br)cc4c(N)nnc(C)c34)C2c2cc(F)ccc2Cl)cc1. The van der Waals surface area contributed by atoms with Gasteiger partial charge >= 0.3 is 0 Å². The van der Waals surface area contributed by atoms with Gasteiger partial charge in [-0.3, -0.25) is 4.79 Å². The van der Waals surface area contributed by atoms with E-state index in [-0.39, 0.29) is 18.3 Å². The van der Waals surface area contributed by atoms with Gasteiger partial charge in [-0.15, -0.1) is 5.10 Å². The number of rotatable bonds is 4. The number of halogens is 3. The van der Waals surface area contributed by atoms with E-state index in [4.69, 9.17) is 22.1 Å². The number of nitrogens with two attached hydrogens (primary N) is 1. The molecule has 5 rings (SSSR count). The summed E-state index contributed by atoms with van der Waals surface area (Å²) in [5.41, 5.74) is 9.22. The predicted octanol–water partition coefficient (Wildman–Crippen LogP) is 5.83. The van der Waals surface area contributed by atoms with Gasteiger partial charge in [0.25, 0.3) is 5.91 Å². The summed E-state index contributed by atoms with van der Waals surface area (Å²) in [6.07, 6.45) is 0. The Morgan fingerprint density at radius 1 is 1.18 bits per heavy atom. The molecular weight excluding hydrogens is 523 g/mol. The maximum atomic E-state index is 14.4. The summed E-state index contributed by atoms with van der Waals surface area (Å²) in [6.45, 7) is 2.06. The minimum atomic E-state index is -0.625. The molecular formula is C25H19BrClFN4O2. The number of fused-ring (bicyclic) bond motifs is 3. The van der Waals surface area contributed by atoms with Gasteiger partial charge < -0.3 is 15.4 Å². The average molecular weight is 542 g/mol. The van der Waals surface area contributed by atoms with Crippen molar-refractivity contribution in [2.24, 2.45) is 0 Å². The number of anilines is 1. The highest BCUT2D eigenvalue weighted by molar-refractivity contribution is 9.10. The number of hydrogen-bond donors (Lipinski definition) is 1. The molecule has 0 spiro atoms. The standard InChI is InChI=1S/C25H19BrClFN4O2/c1-12-20-17(24(29)31-30-12)10-18(26)21-22(20)25(33)32(11-13-3-6-15(34-2)7-4-13)23(21)16-9-14(28)5-8-19(16)27/h3-10,23H,11H2,1-2H3,(H2,29,31). The number of ether oxygens (including phenoxy) is 1. The van der Waals surface area contributed by atoms with Gasteiger partial charge in [-0.05, 0) is 48.9 Å². The molecule has 34 heavy (non-hydrogen) atoms. The number of nitrogen functional groups attached to an aromatic ring is 1. The van der Waals surface area contributed by atoms with Crippen LogP contribution in [0.25, 0.3) is 10.8 Å². The molecule has 1 amide bonds. The van der Waals surface area contributed by atoms with Crippen molar-refractivity contribution in [2.45, 2.75) is 19.5 Å². The lowest BCUT2D eigenvalue weighted by Crippen LogP contribution is -2.28. The van der Waals surface area contributed by atoms with Crippen LogP contribution in [0.5, 0.6) is 5.75 Å². The molecule has 6 nitrogen and oxygen atoms in total. The van der Waals surface area contributed by atoms with Crippen molar-refractivity contribution in [3.8, 4) is 5.75 Å². The first-order valence-electron chi connectivity index (χ1n) is 10.4. The number of benzene rings is 3. The van der Waals surface area contributed by atoms with E-state index in [0.29, 0.717) is 48.4 Å². The molecule has 0 bridgehead atoms. The smallest absolute Gasteiger partial charge is 0.256 e. The second-order valence-corrected chi connectivity index (χ2v) is 9.35. The number of nitrogens with zero attached hydrogens (tertiary/aromatic N) is 3. The molecule has 2 heterocycles. The fourth-order valence-corrected chi connectivity index (χ4v) is 5.39. The summed E-state index contributed by atoms with van der Waals surface area (Å²) >= 11 is 10.2. The highest BCUT2D eigenvalue weighted by Crippen LogP contribution is 2.48. The Morgan fingerprint density at radius 2 is 1.91 bits per heavy atom. The van der Waals surface area contributed by atoms with E-state index in [2.05, 4.69) is 26.1 Å².